The van der Waals surface area contributed by atoms with E-state index in [-0.39, 0.29) is 36.0 Å². The van der Waals surface area contributed by atoms with Gasteiger partial charge in [-0.3, -0.25) is 9.59 Å². The molecule has 7 heteroatoms. The lowest BCUT2D eigenvalue weighted by atomic mass is 10.2. The third-order valence-electron chi connectivity index (χ3n) is 4.86. The minimum Gasteiger partial charge on any atom is -0.459 e. The van der Waals surface area contributed by atoms with Gasteiger partial charge >= 0.3 is 0 Å². The van der Waals surface area contributed by atoms with Crippen molar-refractivity contribution < 1.29 is 18.4 Å². The van der Waals surface area contributed by atoms with Crippen LogP contribution in [0.3, 0.4) is 0 Å². The molecule has 0 bridgehead atoms. The van der Waals surface area contributed by atoms with Crippen LogP contribution in [0.2, 0.25) is 0 Å². The molecule has 0 saturated carbocycles. The summed E-state index contributed by atoms with van der Waals surface area (Å²) in [4.78, 5) is 30.4. The van der Waals surface area contributed by atoms with Crippen molar-refractivity contribution in [1.29, 1.82) is 0 Å². The Morgan fingerprint density at radius 2 is 1.83 bits per heavy atom. The molecule has 3 rings (SSSR count). The molecule has 0 radical (unpaired) electrons. The van der Waals surface area contributed by atoms with Crippen LogP contribution < -0.4 is 0 Å². The lowest BCUT2D eigenvalue weighted by Crippen LogP contribution is -2.45. The summed E-state index contributed by atoms with van der Waals surface area (Å²) in [5, 5.41) is 1.99. The van der Waals surface area contributed by atoms with Gasteiger partial charge < -0.3 is 14.2 Å². The number of rotatable bonds is 8. The minimum atomic E-state index is -0.322. The molecule has 30 heavy (non-hydrogen) atoms. The Morgan fingerprint density at radius 1 is 1.10 bits per heavy atom. The molecule has 0 atom stereocenters. The number of thiophene rings is 1. The van der Waals surface area contributed by atoms with E-state index in [1.54, 1.807) is 40.5 Å². The van der Waals surface area contributed by atoms with Gasteiger partial charge in [-0.25, -0.2) is 4.39 Å². The van der Waals surface area contributed by atoms with Crippen LogP contribution in [0.1, 0.15) is 40.4 Å². The van der Waals surface area contributed by atoms with Crippen LogP contribution in [0.4, 0.5) is 4.39 Å². The van der Waals surface area contributed by atoms with Gasteiger partial charge in [0.05, 0.1) is 12.8 Å². The second kappa shape index (κ2) is 9.71. The molecule has 0 aliphatic rings. The number of furan rings is 1. The Labute approximate surface area is 179 Å². The summed E-state index contributed by atoms with van der Waals surface area (Å²) in [5.41, 5.74) is 1.94. The first kappa shape index (κ1) is 21.8. The summed E-state index contributed by atoms with van der Waals surface area (Å²) in [5.74, 6) is -0.616. The highest BCUT2D eigenvalue weighted by Gasteiger charge is 2.26. The highest BCUT2D eigenvalue weighted by atomic mass is 32.1. The van der Waals surface area contributed by atoms with Crippen LogP contribution >= 0.6 is 11.3 Å². The quantitative estimate of drug-likeness (QED) is 0.514. The van der Waals surface area contributed by atoms with Gasteiger partial charge in [0.2, 0.25) is 5.91 Å². The molecule has 0 aliphatic heterocycles. The number of benzene rings is 1. The van der Waals surface area contributed by atoms with E-state index >= 15 is 0 Å². The zero-order chi connectivity index (χ0) is 21.7. The van der Waals surface area contributed by atoms with Gasteiger partial charge in [0, 0.05) is 17.5 Å². The first-order chi connectivity index (χ1) is 14.3. The second-order valence-electron chi connectivity index (χ2n) is 7.41. The maximum absolute atomic E-state index is 13.3. The third kappa shape index (κ3) is 5.36. The smallest absolute Gasteiger partial charge is 0.290 e. The highest BCUT2D eigenvalue weighted by Crippen LogP contribution is 2.20. The van der Waals surface area contributed by atoms with E-state index in [4.69, 9.17) is 4.42 Å². The van der Waals surface area contributed by atoms with Gasteiger partial charge in [-0.2, -0.15) is 0 Å². The first-order valence-corrected chi connectivity index (χ1v) is 10.6. The number of carbonyl (C=O) groups excluding carboxylic acids is 2. The largest absolute Gasteiger partial charge is 0.459 e. The third-order valence-corrected chi connectivity index (χ3v) is 5.87. The summed E-state index contributed by atoms with van der Waals surface area (Å²) in [6.07, 6.45) is 1.44. The highest BCUT2D eigenvalue weighted by molar-refractivity contribution is 7.10. The molecule has 0 N–H and O–H groups in total. The number of hydrogen-bond donors (Lipinski definition) is 0. The van der Waals surface area contributed by atoms with Crippen molar-refractivity contribution in [2.24, 2.45) is 0 Å². The van der Waals surface area contributed by atoms with E-state index in [2.05, 4.69) is 0 Å². The zero-order valence-corrected chi connectivity index (χ0v) is 18.1. The molecule has 2 heterocycles. The monoisotopic (exact) mass is 428 g/mol. The molecular formula is C23H25FN2O3S. The molecule has 5 nitrogen and oxygen atoms in total. The second-order valence-corrected chi connectivity index (χ2v) is 8.41. The van der Waals surface area contributed by atoms with Gasteiger partial charge in [-0.1, -0.05) is 12.1 Å². The van der Waals surface area contributed by atoms with E-state index in [0.717, 1.165) is 16.0 Å². The molecule has 3 aromatic rings. The van der Waals surface area contributed by atoms with Gasteiger partial charge in [-0.05, 0) is 67.6 Å². The van der Waals surface area contributed by atoms with Gasteiger partial charge in [0.1, 0.15) is 12.4 Å². The average Bonchev–Trinajstić information content (AvgIpc) is 3.38. The molecule has 2 aromatic heterocycles. The molecule has 0 unspecified atom stereocenters. The lowest BCUT2D eigenvalue weighted by molar-refractivity contribution is -0.133. The zero-order valence-electron chi connectivity index (χ0n) is 17.3. The number of carbonyl (C=O) groups is 2. The van der Waals surface area contributed by atoms with Crippen molar-refractivity contribution >= 4 is 23.2 Å². The first-order valence-electron chi connectivity index (χ1n) is 9.75. The predicted octanol–water partition coefficient (Wildman–Crippen LogP) is 4.87. The topological polar surface area (TPSA) is 53.8 Å². The van der Waals surface area contributed by atoms with Gasteiger partial charge in [0.25, 0.3) is 5.91 Å². The van der Waals surface area contributed by atoms with Crippen LogP contribution in [0.25, 0.3) is 0 Å². The fraction of sp³-hybridized carbons (Fsp3) is 0.304. The van der Waals surface area contributed by atoms with Crippen molar-refractivity contribution in [3.8, 4) is 0 Å². The normalized spacial score (nSPS) is 11.0. The molecule has 0 saturated heterocycles. The minimum absolute atomic E-state index is 0.0666. The molecule has 158 valence electrons. The van der Waals surface area contributed by atoms with Crippen molar-refractivity contribution in [1.82, 2.24) is 9.80 Å². The summed E-state index contributed by atoms with van der Waals surface area (Å²) < 4.78 is 18.5. The number of hydrogen-bond acceptors (Lipinski definition) is 4. The molecule has 0 aliphatic carbocycles. The van der Waals surface area contributed by atoms with Crippen LogP contribution in [-0.4, -0.2) is 34.2 Å². The molecule has 2 amide bonds. The van der Waals surface area contributed by atoms with Crippen molar-refractivity contribution in [3.63, 3.8) is 0 Å². The molecule has 1 aromatic carbocycles. The Kier molecular flexibility index (Phi) is 7.05. The Bertz CT molecular complexity index is 980. The van der Waals surface area contributed by atoms with Crippen molar-refractivity contribution in [2.75, 3.05) is 6.54 Å². The standard InChI is InChI=1S/C23H25FN2O3S/c1-16(2)26(23(28)20-5-4-11-29-20)15-22(27)25(14-21-17(3)10-12-30-21)13-18-6-8-19(24)9-7-18/h4-12,16H,13-15H2,1-3H3. The van der Waals surface area contributed by atoms with E-state index in [1.807, 2.05) is 32.2 Å². The summed E-state index contributed by atoms with van der Waals surface area (Å²) >= 11 is 1.59. The lowest BCUT2D eigenvalue weighted by Gasteiger charge is -2.29. The van der Waals surface area contributed by atoms with E-state index < -0.39 is 0 Å². The fourth-order valence-electron chi connectivity index (χ4n) is 3.06. The maximum Gasteiger partial charge on any atom is 0.290 e. The maximum atomic E-state index is 13.3. The molecular weight excluding hydrogens is 403 g/mol. The van der Waals surface area contributed by atoms with Crippen LogP contribution in [-0.2, 0) is 17.9 Å². The van der Waals surface area contributed by atoms with Crippen molar-refractivity contribution in [2.45, 2.75) is 39.9 Å². The SMILES string of the molecule is Cc1ccsc1CN(Cc1ccc(F)cc1)C(=O)CN(C(=O)c1ccco1)C(C)C. The Balaban J connectivity index is 1.81. The van der Waals surface area contributed by atoms with Crippen LogP contribution in [0, 0.1) is 12.7 Å². The number of halogens is 1. The van der Waals surface area contributed by atoms with Crippen molar-refractivity contribution in [3.05, 3.63) is 81.7 Å². The Hall–Kier alpha value is -2.93. The summed E-state index contributed by atoms with van der Waals surface area (Å²) in [7, 11) is 0. The van der Waals surface area contributed by atoms with E-state index in [0.29, 0.717) is 13.1 Å². The predicted molar refractivity (Wildman–Crippen MR) is 115 cm³/mol. The Morgan fingerprint density at radius 3 is 2.40 bits per heavy atom. The van der Waals surface area contributed by atoms with E-state index in [1.165, 1.54) is 23.3 Å². The number of aryl methyl sites for hydroxylation is 1. The molecule has 0 spiro atoms. The van der Waals surface area contributed by atoms with E-state index in [9.17, 15) is 14.0 Å². The fourth-order valence-corrected chi connectivity index (χ4v) is 3.98. The molecule has 0 fully saturated rings. The van der Waals surface area contributed by atoms with Gasteiger partial charge in [-0.15, -0.1) is 11.3 Å². The summed E-state index contributed by atoms with van der Waals surface area (Å²) in [6.45, 7) is 6.43. The summed E-state index contributed by atoms with van der Waals surface area (Å²) in [6, 6.07) is 11.2. The van der Waals surface area contributed by atoms with Gasteiger partial charge in [0.15, 0.2) is 5.76 Å². The number of nitrogens with zero attached hydrogens (tertiary/aromatic N) is 2. The number of amides is 2. The average molecular weight is 429 g/mol. The van der Waals surface area contributed by atoms with Crippen LogP contribution in [0.5, 0.6) is 0 Å². The van der Waals surface area contributed by atoms with Crippen LogP contribution in [0.15, 0.2) is 58.5 Å².